The Bertz CT molecular complexity index is 445. The Hall–Kier alpha value is -1.46. The lowest BCUT2D eigenvalue weighted by Gasteiger charge is -2.37. The third-order valence-corrected chi connectivity index (χ3v) is 3.61. The molecule has 2 heterocycles. The first-order valence-electron chi connectivity index (χ1n) is 6.53. The van der Waals surface area contributed by atoms with Gasteiger partial charge in [-0.15, -0.1) is 0 Å². The first-order valence-corrected chi connectivity index (χ1v) is 6.53. The highest BCUT2D eigenvalue weighted by Gasteiger charge is 2.34. The minimum atomic E-state index is -4.43. The standard InChI is InChI=1S/C13H18F3N3/c1-2-9-5-3-4-6-19(9)11-7-12(13(14,15)16)18-8-10(11)17/h7-9H,2-6,17H2,1H3. The highest BCUT2D eigenvalue weighted by Crippen LogP contribution is 2.35. The molecular weight excluding hydrogens is 255 g/mol. The van der Waals surface area contributed by atoms with Crippen molar-refractivity contribution in [3.8, 4) is 0 Å². The van der Waals surface area contributed by atoms with E-state index in [1.54, 1.807) is 0 Å². The molecule has 1 aliphatic rings. The Kier molecular flexibility index (Phi) is 3.87. The molecule has 0 bridgehead atoms. The molecule has 3 nitrogen and oxygen atoms in total. The van der Waals surface area contributed by atoms with E-state index in [0.717, 1.165) is 44.5 Å². The van der Waals surface area contributed by atoms with Gasteiger partial charge in [0.1, 0.15) is 5.69 Å². The molecule has 1 fully saturated rings. The summed E-state index contributed by atoms with van der Waals surface area (Å²) in [5.41, 5.74) is 5.71. The first-order chi connectivity index (χ1) is 8.93. The Labute approximate surface area is 110 Å². The maximum Gasteiger partial charge on any atom is 0.433 e. The van der Waals surface area contributed by atoms with Crippen molar-refractivity contribution >= 4 is 11.4 Å². The van der Waals surface area contributed by atoms with Gasteiger partial charge in [0, 0.05) is 12.6 Å². The molecule has 1 aromatic rings. The van der Waals surface area contributed by atoms with Crippen molar-refractivity contribution in [2.24, 2.45) is 0 Å². The predicted molar refractivity (Wildman–Crippen MR) is 68.9 cm³/mol. The van der Waals surface area contributed by atoms with Crippen molar-refractivity contribution in [2.75, 3.05) is 17.2 Å². The summed E-state index contributed by atoms with van der Waals surface area (Å²) in [5.74, 6) is 0. The normalized spacial score (nSPS) is 20.6. The number of hydrogen-bond donors (Lipinski definition) is 1. The molecule has 0 aromatic carbocycles. The average Bonchev–Trinajstić information content (AvgIpc) is 2.38. The molecule has 1 unspecified atom stereocenters. The van der Waals surface area contributed by atoms with Crippen LogP contribution in [0.4, 0.5) is 24.5 Å². The smallest absolute Gasteiger partial charge is 0.396 e. The van der Waals surface area contributed by atoms with Gasteiger partial charge >= 0.3 is 6.18 Å². The number of anilines is 2. The zero-order chi connectivity index (χ0) is 14.0. The van der Waals surface area contributed by atoms with Crippen LogP contribution in [0.1, 0.15) is 38.3 Å². The highest BCUT2D eigenvalue weighted by atomic mass is 19.4. The molecular formula is C13H18F3N3. The summed E-state index contributed by atoms with van der Waals surface area (Å²) in [6, 6.07) is 1.34. The minimum Gasteiger partial charge on any atom is -0.396 e. The van der Waals surface area contributed by atoms with Gasteiger partial charge in [-0.25, -0.2) is 4.98 Å². The number of nitrogens with zero attached hydrogens (tertiary/aromatic N) is 2. The average molecular weight is 273 g/mol. The van der Waals surface area contributed by atoms with Gasteiger partial charge in [0.2, 0.25) is 0 Å². The number of aromatic nitrogens is 1. The van der Waals surface area contributed by atoms with E-state index in [-0.39, 0.29) is 6.04 Å². The molecule has 0 spiro atoms. The Balaban J connectivity index is 2.37. The van der Waals surface area contributed by atoms with Gasteiger partial charge in [0.05, 0.1) is 17.6 Å². The zero-order valence-corrected chi connectivity index (χ0v) is 10.9. The van der Waals surface area contributed by atoms with E-state index in [0.29, 0.717) is 11.4 Å². The number of halogens is 3. The van der Waals surface area contributed by atoms with E-state index in [4.69, 9.17) is 5.73 Å². The lowest BCUT2D eigenvalue weighted by molar-refractivity contribution is -0.141. The van der Waals surface area contributed by atoms with Gasteiger partial charge in [-0.05, 0) is 31.7 Å². The van der Waals surface area contributed by atoms with Crippen molar-refractivity contribution in [3.63, 3.8) is 0 Å². The number of piperidine rings is 1. The number of rotatable bonds is 2. The van der Waals surface area contributed by atoms with Crippen LogP contribution in [-0.4, -0.2) is 17.6 Å². The second-order valence-corrected chi connectivity index (χ2v) is 4.88. The van der Waals surface area contributed by atoms with E-state index >= 15 is 0 Å². The SMILES string of the molecule is CCC1CCCCN1c1cc(C(F)(F)F)ncc1N. The van der Waals surface area contributed by atoms with Crippen LogP contribution in [0.5, 0.6) is 0 Å². The quantitative estimate of drug-likeness (QED) is 0.897. The molecule has 0 aliphatic carbocycles. The van der Waals surface area contributed by atoms with Crippen molar-refractivity contribution in [2.45, 2.75) is 44.8 Å². The predicted octanol–water partition coefficient (Wildman–Crippen LogP) is 3.45. The van der Waals surface area contributed by atoms with Crippen LogP contribution < -0.4 is 10.6 Å². The molecule has 106 valence electrons. The molecule has 0 amide bonds. The van der Waals surface area contributed by atoms with E-state index in [9.17, 15) is 13.2 Å². The lowest BCUT2D eigenvalue weighted by Crippen LogP contribution is -2.39. The van der Waals surface area contributed by atoms with Crippen molar-refractivity contribution in [1.82, 2.24) is 4.98 Å². The number of alkyl halides is 3. The maximum atomic E-state index is 12.7. The summed E-state index contributed by atoms with van der Waals surface area (Å²) in [7, 11) is 0. The Morgan fingerprint density at radius 2 is 2.16 bits per heavy atom. The summed E-state index contributed by atoms with van der Waals surface area (Å²) < 4.78 is 38.2. The number of nitrogens with two attached hydrogens (primary N) is 1. The van der Waals surface area contributed by atoms with Gasteiger partial charge in [0.15, 0.2) is 0 Å². The second-order valence-electron chi connectivity index (χ2n) is 4.88. The fourth-order valence-corrected chi connectivity index (χ4v) is 2.60. The molecule has 0 saturated carbocycles. The summed E-state index contributed by atoms with van der Waals surface area (Å²) in [4.78, 5) is 5.38. The molecule has 0 radical (unpaired) electrons. The monoisotopic (exact) mass is 273 g/mol. The van der Waals surface area contributed by atoms with Crippen LogP contribution >= 0.6 is 0 Å². The van der Waals surface area contributed by atoms with Gasteiger partial charge in [-0.1, -0.05) is 6.92 Å². The minimum absolute atomic E-state index is 0.263. The van der Waals surface area contributed by atoms with Crippen LogP contribution in [0.3, 0.4) is 0 Å². The van der Waals surface area contributed by atoms with E-state index in [1.807, 2.05) is 11.8 Å². The van der Waals surface area contributed by atoms with Crippen molar-refractivity contribution in [1.29, 1.82) is 0 Å². The summed E-state index contributed by atoms with van der Waals surface area (Å²) >= 11 is 0. The number of pyridine rings is 1. The highest BCUT2D eigenvalue weighted by molar-refractivity contribution is 5.67. The number of hydrogen-bond acceptors (Lipinski definition) is 3. The topological polar surface area (TPSA) is 42.2 Å². The Morgan fingerprint density at radius 1 is 1.42 bits per heavy atom. The van der Waals surface area contributed by atoms with Crippen molar-refractivity contribution < 1.29 is 13.2 Å². The van der Waals surface area contributed by atoms with E-state index < -0.39 is 11.9 Å². The van der Waals surface area contributed by atoms with Gasteiger partial charge in [0.25, 0.3) is 0 Å². The molecule has 6 heteroatoms. The lowest BCUT2D eigenvalue weighted by atomic mass is 9.99. The van der Waals surface area contributed by atoms with Gasteiger partial charge in [-0.2, -0.15) is 13.2 Å². The van der Waals surface area contributed by atoms with Crippen LogP contribution in [-0.2, 0) is 6.18 Å². The maximum absolute atomic E-state index is 12.7. The van der Waals surface area contributed by atoms with Gasteiger partial charge < -0.3 is 10.6 Å². The molecule has 2 N–H and O–H groups in total. The van der Waals surface area contributed by atoms with Crippen molar-refractivity contribution in [3.05, 3.63) is 18.0 Å². The fraction of sp³-hybridized carbons (Fsp3) is 0.615. The van der Waals surface area contributed by atoms with Crippen LogP contribution in [0.25, 0.3) is 0 Å². The molecule has 1 aliphatic heterocycles. The molecule has 19 heavy (non-hydrogen) atoms. The molecule has 2 rings (SSSR count). The second kappa shape index (κ2) is 5.27. The summed E-state index contributed by atoms with van der Waals surface area (Å²) in [5, 5.41) is 0. The zero-order valence-electron chi connectivity index (χ0n) is 10.9. The third kappa shape index (κ3) is 2.93. The largest absolute Gasteiger partial charge is 0.433 e. The van der Waals surface area contributed by atoms with Crippen LogP contribution in [0.2, 0.25) is 0 Å². The Morgan fingerprint density at radius 3 is 2.79 bits per heavy atom. The van der Waals surface area contributed by atoms with Crippen LogP contribution in [0.15, 0.2) is 12.3 Å². The number of nitrogen functional groups attached to an aromatic ring is 1. The molecule has 1 atom stereocenters. The van der Waals surface area contributed by atoms with Gasteiger partial charge in [-0.3, -0.25) is 0 Å². The summed E-state index contributed by atoms with van der Waals surface area (Å²) in [6.07, 6.45) is 0.688. The van der Waals surface area contributed by atoms with E-state index in [2.05, 4.69) is 4.98 Å². The third-order valence-electron chi connectivity index (χ3n) is 3.61. The van der Waals surface area contributed by atoms with Crippen LogP contribution in [0, 0.1) is 0 Å². The molecule has 1 saturated heterocycles. The van der Waals surface area contributed by atoms with E-state index in [1.165, 1.54) is 0 Å². The molecule has 1 aromatic heterocycles. The first kappa shape index (κ1) is 14.0. The summed E-state index contributed by atoms with van der Waals surface area (Å²) in [6.45, 7) is 2.80. The fourth-order valence-electron chi connectivity index (χ4n) is 2.60.